The van der Waals surface area contributed by atoms with Gasteiger partial charge in [0.25, 0.3) is 5.24 Å². The van der Waals surface area contributed by atoms with E-state index in [9.17, 15) is 9.59 Å². The largest absolute Gasteiger partial charge is 0.481 e. The molecule has 0 aliphatic carbocycles. The number of carbonyl (C=O) groups excluding carboxylic acids is 1. The SMILES string of the molecule is CCNC(=O)SCCC(=O)O. The van der Waals surface area contributed by atoms with E-state index in [2.05, 4.69) is 5.32 Å². The zero-order valence-electron chi connectivity index (χ0n) is 6.29. The number of nitrogens with one attached hydrogen (secondary N) is 1. The number of carboxylic acids is 1. The second-order valence-electron chi connectivity index (χ2n) is 1.81. The third kappa shape index (κ3) is 7.18. The number of hydrogen-bond acceptors (Lipinski definition) is 3. The lowest BCUT2D eigenvalue weighted by Gasteiger charge is -1.98. The van der Waals surface area contributed by atoms with Gasteiger partial charge in [-0.25, -0.2) is 0 Å². The number of thioether (sulfide) groups is 1. The van der Waals surface area contributed by atoms with Gasteiger partial charge in [-0.15, -0.1) is 0 Å². The summed E-state index contributed by atoms with van der Waals surface area (Å²) in [7, 11) is 0. The van der Waals surface area contributed by atoms with Crippen LogP contribution in [0.3, 0.4) is 0 Å². The highest BCUT2D eigenvalue weighted by Gasteiger charge is 2.01. The Kier molecular flexibility index (Phi) is 5.64. The molecule has 1 amide bonds. The van der Waals surface area contributed by atoms with E-state index < -0.39 is 5.97 Å². The molecular weight excluding hydrogens is 166 g/mol. The Bertz CT molecular complexity index is 149. The Morgan fingerprint density at radius 1 is 1.55 bits per heavy atom. The molecule has 0 aromatic carbocycles. The van der Waals surface area contributed by atoms with Gasteiger partial charge >= 0.3 is 5.97 Å². The van der Waals surface area contributed by atoms with Crippen molar-refractivity contribution >= 4 is 23.0 Å². The van der Waals surface area contributed by atoms with Gasteiger partial charge in [0.1, 0.15) is 0 Å². The van der Waals surface area contributed by atoms with Crippen LogP contribution in [-0.4, -0.2) is 28.6 Å². The van der Waals surface area contributed by atoms with Crippen LogP contribution in [0.5, 0.6) is 0 Å². The molecule has 0 aromatic heterocycles. The molecule has 0 atom stereocenters. The first-order valence-corrected chi connectivity index (χ1v) is 4.27. The average Bonchev–Trinajstić information content (AvgIpc) is 1.87. The first kappa shape index (κ1) is 10.3. The van der Waals surface area contributed by atoms with Gasteiger partial charge in [0.2, 0.25) is 0 Å². The summed E-state index contributed by atoms with van der Waals surface area (Å²) < 4.78 is 0. The summed E-state index contributed by atoms with van der Waals surface area (Å²) in [6, 6.07) is 0. The molecule has 0 rings (SSSR count). The van der Waals surface area contributed by atoms with Crippen LogP contribution in [0.2, 0.25) is 0 Å². The molecule has 0 heterocycles. The molecular formula is C6H11NO3S. The Labute approximate surface area is 69.4 Å². The molecule has 0 fully saturated rings. The lowest BCUT2D eigenvalue weighted by Crippen LogP contribution is -2.18. The highest BCUT2D eigenvalue weighted by Crippen LogP contribution is 2.02. The normalized spacial score (nSPS) is 9.18. The monoisotopic (exact) mass is 177 g/mol. The number of rotatable bonds is 4. The third-order valence-corrected chi connectivity index (χ3v) is 1.68. The van der Waals surface area contributed by atoms with Crippen molar-refractivity contribution in [3.63, 3.8) is 0 Å². The van der Waals surface area contributed by atoms with E-state index >= 15 is 0 Å². The van der Waals surface area contributed by atoms with E-state index in [1.54, 1.807) is 0 Å². The molecule has 0 radical (unpaired) electrons. The molecule has 0 unspecified atom stereocenters. The van der Waals surface area contributed by atoms with Crippen molar-refractivity contribution in [2.24, 2.45) is 0 Å². The third-order valence-electron chi connectivity index (χ3n) is 0.870. The second-order valence-corrected chi connectivity index (χ2v) is 2.88. The van der Waals surface area contributed by atoms with E-state index in [-0.39, 0.29) is 11.7 Å². The van der Waals surface area contributed by atoms with E-state index in [0.29, 0.717) is 12.3 Å². The summed E-state index contributed by atoms with van der Waals surface area (Å²) in [6.45, 7) is 2.40. The van der Waals surface area contributed by atoms with Crippen LogP contribution in [0.25, 0.3) is 0 Å². The molecule has 5 heteroatoms. The number of carbonyl (C=O) groups is 2. The minimum absolute atomic E-state index is 0.0296. The van der Waals surface area contributed by atoms with Gasteiger partial charge in [0.15, 0.2) is 0 Å². The van der Waals surface area contributed by atoms with Crippen molar-refractivity contribution in [2.45, 2.75) is 13.3 Å². The van der Waals surface area contributed by atoms with Crippen molar-refractivity contribution in [2.75, 3.05) is 12.3 Å². The van der Waals surface area contributed by atoms with Crippen molar-refractivity contribution in [1.82, 2.24) is 5.32 Å². The number of amides is 1. The highest BCUT2D eigenvalue weighted by atomic mass is 32.2. The van der Waals surface area contributed by atoms with Crippen molar-refractivity contribution < 1.29 is 14.7 Å². The van der Waals surface area contributed by atoms with Crippen LogP contribution in [0.4, 0.5) is 4.79 Å². The van der Waals surface area contributed by atoms with Crippen LogP contribution in [0.15, 0.2) is 0 Å². The van der Waals surface area contributed by atoms with Gasteiger partial charge in [-0.05, 0) is 6.92 Å². The Balaban J connectivity index is 3.24. The minimum Gasteiger partial charge on any atom is -0.481 e. The molecule has 0 aromatic rings. The summed E-state index contributed by atoms with van der Waals surface area (Å²) >= 11 is 0.998. The van der Waals surface area contributed by atoms with Crippen molar-refractivity contribution in [3.8, 4) is 0 Å². The fourth-order valence-corrected chi connectivity index (χ4v) is 1.13. The quantitative estimate of drug-likeness (QED) is 0.670. The molecule has 0 spiro atoms. The van der Waals surface area contributed by atoms with Crippen LogP contribution in [0.1, 0.15) is 13.3 Å². The first-order chi connectivity index (χ1) is 5.16. The highest BCUT2D eigenvalue weighted by molar-refractivity contribution is 8.13. The summed E-state index contributed by atoms with van der Waals surface area (Å²) in [5.74, 6) is -0.539. The zero-order valence-corrected chi connectivity index (χ0v) is 7.11. The molecule has 0 saturated carbocycles. The Hall–Kier alpha value is -0.710. The lowest BCUT2D eigenvalue weighted by molar-refractivity contribution is -0.136. The van der Waals surface area contributed by atoms with Crippen LogP contribution >= 0.6 is 11.8 Å². The maximum atomic E-state index is 10.7. The Morgan fingerprint density at radius 3 is 2.64 bits per heavy atom. The number of carboxylic acid groups (broad SMARTS) is 1. The standard InChI is InChI=1S/C6H11NO3S/c1-2-7-6(10)11-4-3-5(8)9/h2-4H2,1H3,(H,7,10)(H,8,9). The van der Waals surface area contributed by atoms with Gasteiger partial charge in [-0.1, -0.05) is 11.8 Å². The van der Waals surface area contributed by atoms with Crippen molar-refractivity contribution in [3.05, 3.63) is 0 Å². The van der Waals surface area contributed by atoms with Gasteiger partial charge in [0, 0.05) is 12.3 Å². The zero-order chi connectivity index (χ0) is 8.69. The number of hydrogen-bond donors (Lipinski definition) is 2. The van der Waals surface area contributed by atoms with Crippen LogP contribution in [-0.2, 0) is 4.79 Å². The first-order valence-electron chi connectivity index (χ1n) is 3.29. The minimum atomic E-state index is -0.873. The Morgan fingerprint density at radius 2 is 2.18 bits per heavy atom. The molecule has 4 nitrogen and oxygen atoms in total. The number of aliphatic carboxylic acids is 1. The van der Waals surface area contributed by atoms with Gasteiger partial charge in [-0.3, -0.25) is 9.59 Å². The molecule has 11 heavy (non-hydrogen) atoms. The summed E-state index contributed by atoms with van der Waals surface area (Å²) in [6.07, 6.45) is 0.0296. The van der Waals surface area contributed by atoms with Crippen LogP contribution in [0, 0.1) is 0 Å². The average molecular weight is 177 g/mol. The second kappa shape index (κ2) is 6.03. The predicted molar refractivity (Wildman–Crippen MR) is 43.8 cm³/mol. The van der Waals surface area contributed by atoms with Gasteiger partial charge in [-0.2, -0.15) is 0 Å². The topological polar surface area (TPSA) is 66.4 Å². The summed E-state index contributed by atoms with van der Waals surface area (Å²) in [5, 5.41) is 10.6. The van der Waals surface area contributed by atoms with Crippen molar-refractivity contribution in [1.29, 1.82) is 0 Å². The molecule has 0 saturated heterocycles. The van der Waals surface area contributed by atoms with E-state index in [1.165, 1.54) is 0 Å². The smallest absolute Gasteiger partial charge is 0.304 e. The fourth-order valence-electron chi connectivity index (χ4n) is 0.426. The van der Waals surface area contributed by atoms with E-state index in [4.69, 9.17) is 5.11 Å². The molecule has 0 bridgehead atoms. The van der Waals surface area contributed by atoms with E-state index in [0.717, 1.165) is 11.8 Å². The maximum Gasteiger partial charge on any atom is 0.304 e. The maximum absolute atomic E-state index is 10.7. The van der Waals surface area contributed by atoms with Gasteiger partial charge in [0.05, 0.1) is 6.42 Å². The summed E-state index contributed by atoms with van der Waals surface area (Å²) in [4.78, 5) is 20.7. The predicted octanol–water partition coefficient (Wildman–Crippen LogP) is 0.924. The molecule has 0 aliphatic heterocycles. The van der Waals surface area contributed by atoms with Gasteiger partial charge < -0.3 is 10.4 Å². The molecule has 0 aliphatic rings. The summed E-state index contributed by atoms with van der Waals surface area (Å²) in [5.41, 5.74) is 0. The van der Waals surface area contributed by atoms with Crippen LogP contribution < -0.4 is 5.32 Å². The lowest BCUT2D eigenvalue weighted by atomic mass is 10.5. The molecule has 64 valence electrons. The molecule has 2 N–H and O–H groups in total. The van der Waals surface area contributed by atoms with E-state index in [1.807, 2.05) is 6.92 Å². The fraction of sp³-hybridized carbons (Fsp3) is 0.667.